The van der Waals surface area contributed by atoms with E-state index in [-0.39, 0.29) is 13.2 Å². The topological polar surface area (TPSA) is 79.2 Å². The van der Waals surface area contributed by atoms with Crippen molar-refractivity contribution in [2.75, 3.05) is 19.8 Å². The minimum atomic E-state index is -1.03. The van der Waals surface area contributed by atoms with Crippen molar-refractivity contribution < 1.29 is 24.8 Å². The largest absolute Gasteiger partial charge is 0.388 e. The van der Waals surface area contributed by atoms with Gasteiger partial charge in [0, 0.05) is 6.61 Å². The fourth-order valence-corrected chi connectivity index (χ4v) is 3.36. The normalized spacial score (nSPS) is 24.1. The Bertz CT molecular complexity index is 361. The van der Waals surface area contributed by atoms with E-state index >= 15 is 0 Å². The van der Waals surface area contributed by atoms with Gasteiger partial charge in [-0.15, -0.1) is 0 Å². The highest BCUT2D eigenvalue weighted by Gasteiger charge is 2.39. The number of aliphatic hydroxyl groups is 3. The molecule has 0 radical (unpaired) electrons. The molecule has 0 aliphatic carbocycles. The Morgan fingerprint density at radius 3 is 2.11 bits per heavy atom. The van der Waals surface area contributed by atoms with E-state index in [2.05, 4.69) is 19.1 Å². The summed E-state index contributed by atoms with van der Waals surface area (Å²) < 4.78 is 10.7. The molecule has 4 atom stereocenters. The van der Waals surface area contributed by atoms with E-state index in [0.717, 1.165) is 12.8 Å². The van der Waals surface area contributed by atoms with Gasteiger partial charge in [-0.1, -0.05) is 64.0 Å². The van der Waals surface area contributed by atoms with Gasteiger partial charge in [0.1, 0.15) is 24.4 Å². The molecular weight excluding hydrogens is 344 g/mol. The molecule has 0 aromatic carbocycles. The first kappa shape index (κ1) is 24.6. The molecule has 3 N–H and O–H groups in total. The van der Waals surface area contributed by atoms with E-state index in [4.69, 9.17) is 9.47 Å². The van der Waals surface area contributed by atoms with Crippen LogP contribution in [-0.4, -0.2) is 59.6 Å². The highest BCUT2D eigenvalue weighted by molar-refractivity contribution is 4.87. The lowest BCUT2D eigenvalue weighted by molar-refractivity contribution is -0.0813. The van der Waals surface area contributed by atoms with Crippen LogP contribution in [0, 0.1) is 0 Å². The van der Waals surface area contributed by atoms with E-state index in [9.17, 15) is 15.3 Å². The van der Waals surface area contributed by atoms with Crippen LogP contribution in [0.2, 0.25) is 0 Å². The number of unbranched alkanes of at least 4 members (excludes halogenated alkanes) is 10. The van der Waals surface area contributed by atoms with Gasteiger partial charge in [0.25, 0.3) is 0 Å². The highest BCUT2D eigenvalue weighted by Crippen LogP contribution is 2.18. The molecule has 0 aromatic rings. The fourth-order valence-electron chi connectivity index (χ4n) is 3.36. The molecule has 1 saturated heterocycles. The number of allylic oxidation sites excluding steroid dienone is 2. The second-order valence-electron chi connectivity index (χ2n) is 7.73. The van der Waals surface area contributed by atoms with Gasteiger partial charge < -0.3 is 24.8 Å². The van der Waals surface area contributed by atoms with Crippen LogP contribution in [0.5, 0.6) is 0 Å². The summed E-state index contributed by atoms with van der Waals surface area (Å²) >= 11 is 0. The second-order valence-corrected chi connectivity index (χ2v) is 7.73. The van der Waals surface area contributed by atoms with Crippen molar-refractivity contribution in [1.82, 2.24) is 0 Å². The van der Waals surface area contributed by atoms with Gasteiger partial charge in [-0.25, -0.2) is 0 Å². The molecule has 0 saturated carbocycles. The average Bonchev–Trinajstić information content (AvgIpc) is 3.00. The molecular formula is C22H42O5. The zero-order valence-electron chi connectivity index (χ0n) is 17.2. The van der Waals surface area contributed by atoms with Crippen LogP contribution in [0.25, 0.3) is 0 Å². The van der Waals surface area contributed by atoms with Crippen LogP contribution in [0.4, 0.5) is 0 Å². The lowest BCUT2D eigenvalue weighted by Gasteiger charge is -2.20. The maximum absolute atomic E-state index is 9.93. The molecule has 0 amide bonds. The maximum Gasteiger partial charge on any atom is 0.114 e. The predicted molar refractivity (Wildman–Crippen MR) is 109 cm³/mol. The highest BCUT2D eigenvalue weighted by atomic mass is 16.5. The molecule has 1 rings (SSSR count). The van der Waals surface area contributed by atoms with Crippen molar-refractivity contribution in [1.29, 1.82) is 0 Å². The number of aliphatic hydroxyl groups excluding tert-OH is 3. The van der Waals surface area contributed by atoms with Crippen molar-refractivity contribution in [3.8, 4) is 0 Å². The summed E-state index contributed by atoms with van der Waals surface area (Å²) in [5.74, 6) is 0. The molecule has 0 unspecified atom stereocenters. The summed E-state index contributed by atoms with van der Waals surface area (Å²) in [4.78, 5) is 0. The third-order valence-electron chi connectivity index (χ3n) is 5.16. The molecule has 1 heterocycles. The average molecular weight is 387 g/mol. The molecule has 0 bridgehead atoms. The van der Waals surface area contributed by atoms with Crippen molar-refractivity contribution in [2.45, 2.75) is 108 Å². The van der Waals surface area contributed by atoms with Gasteiger partial charge >= 0.3 is 0 Å². The first-order valence-corrected chi connectivity index (χ1v) is 11.0. The van der Waals surface area contributed by atoms with Crippen LogP contribution in [0.3, 0.4) is 0 Å². The van der Waals surface area contributed by atoms with Crippen LogP contribution in [0.1, 0.15) is 84.0 Å². The summed E-state index contributed by atoms with van der Waals surface area (Å²) in [7, 11) is 0. The Balaban J connectivity index is 1.80. The lowest BCUT2D eigenvalue weighted by atomic mass is 10.1. The van der Waals surface area contributed by atoms with E-state index in [1.807, 2.05) is 0 Å². The lowest BCUT2D eigenvalue weighted by Crippen LogP contribution is -2.40. The smallest absolute Gasteiger partial charge is 0.114 e. The predicted octanol–water partition coefficient (Wildman–Crippen LogP) is 3.74. The van der Waals surface area contributed by atoms with Crippen LogP contribution in [0.15, 0.2) is 12.2 Å². The van der Waals surface area contributed by atoms with E-state index in [0.29, 0.717) is 6.61 Å². The summed E-state index contributed by atoms with van der Waals surface area (Å²) in [6, 6.07) is 0. The first-order chi connectivity index (χ1) is 13.2. The zero-order valence-corrected chi connectivity index (χ0v) is 17.2. The van der Waals surface area contributed by atoms with Crippen molar-refractivity contribution in [3.63, 3.8) is 0 Å². The molecule has 5 heteroatoms. The third kappa shape index (κ3) is 11.9. The Hall–Kier alpha value is -0.460. The molecule has 0 spiro atoms. The maximum atomic E-state index is 9.93. The number of rotatable bonds is 17. The van der Waals surface area contributed by atoms with Gasteiger partial charge in [-0.2, -0.15) is 0 Å². The molecule has 5 nitrogen and oxygen atoms in total. The third-order valence-corrected chi connectivity index (χ3v) is 5.16. The fraction of sp³-hybridized carbons (Fsp3) is 0.909. The Kier molecular flexibility index (Phi) is 15.0. The van der Waals surface area contributed by atoms with Gasteiger partial charge in [0.15, 0.2) is 0 Å². The van der Waals surface area contributed by atoms with E-state index in [1.54, 1.807) is 0 Å². The van der Waals surface area contributed by atoms with Gasteiger partial charge in [-0.3, -0.25) is 0 Å². The Morgan fingerprint density at radius 1 is 0.926 bits per heavy atom. The number of ether oxygens (including phenoxy) is 2. The van der Waals surface area contributed by atoms with Crippen LogP contribution >= 0.6 is 0 Å². The zero-order chi connectivity index (χ0) is 19.7. The molecule has 1 fully saturated rings. The molecule has 27 heavy (non-hydrogen) atoms. The quantitative estimate of drug-likeness (QED) is 0.262. The summed E-state index contributed by atoms with van der Waals surface area (Å²) in [5.41, 5.74) is 0. The second kappa shape index (κ2) is 16.5. The van der Waals surface area contributed by atoms with Gasteiger partial charge in [-0.05, 0) is 32.1 Å². The molecule has 160 valence electrons. The number of hydrogen-bond acceptors (Lipinski definition) is 5. The molecule has 1 aliphatic heterocycles. The standard InChI is InChI=1S/C22H42O5/c1-2-3-4-5-6-7-8-9-10-11-12-13-14-15-16-26-17-20(24)22-21(25)19(23)18-27-22/h6-7,19-25H,2-5,8-18H2,1H3/b7-6+/t19-,20+,21+,22+/m1/s1. The van der Waals surface area contributed by atoms with E-state index in [1.165, 1.54) is 64.2 Å². The SMILES string of the molecule is CCCCC/C=C/CCCCCCCCCOC[C@H](O)[C@@H]1OC[C@@H](O)[C@@H]1O. The molecule has 1 aliphatic rings. The van der Waals surface area contributed by atoms with Gasteiger partial charge in [0.05, 0.1) is 13.2 Å². The Morgan fingerprint density at radius 2 is 1.52 bits per heavy atom. The van der Waals surface area contributed by atoms with Crippen LogP contribution in [-0.2, 0) is 9.47 Å². The summed E-state index contributed by atoms with van der Waals surface area (Å²) in [5, 5.41) is 29.0. The van der Waals surface area contributed by atoms with Crippen LogP contribution < -0.4 is 0 Å². The van der Waals surface area contributed by atoms with Crippen molar-refractivity contribution in [3.05, 3.63) is 12.2 Å². The summed E-state index contributed by atoms with van der Waals surface area (Å²) in [6.07, 6.45) is 16.1. The van der Waals surface area contributed by atoms with Crippen molar-refractivity contribution in [2.24, 2.45) is 0 Å². The minimum absolute atomic E-state index is 0.0676. The minimum Gasteiger partial charge on any atom is -0.388 e. The van der Waals surface area contributed by atoms with E-state index < -0.39 is 24.4 Å². The van der Waals surface area contributed by atoms with Crippen molar-refractivity contribution >= 4 is 0 Å². The number of hydrogen-bond donors (Lipinski definition) is 3. The van der Waals surface area contributed by atoms with Gasteiger partial charge in [0.2, 0.25) is 0 Å². The first-order valence-electron chi connectivity index (χ1n) is 11.0. The molecule has 0 aromatic heterocycles. The Labute approximate surface area is 165 Å². The monoisotopic (exact) mass is 386 g/mol. The summed E-state index contributed by atoms with van der Waals surface area (Å²) in [6.45, 7) is 3.07.